The molecular formula is C20H33N5O2. The van der Waals surface area contributed by atoms with Gasteiger partial charge in [-0.25, -0.2) is 0 Å². The number of carbonyl (C=O) groups is 1. The van der Waals surface area contributed by atoms with Gasteiger partial charge in [0.25, 0.3) is 0 Å². The van der Waals surface area contributed by atoms with E-state index in [1.807, 2.05) is 39.0 Å². The standard InChI is InChI=1S/C20H33N5O2/c1-20(2,3)27-17-8-6-5-7-15(17)13-23-19(22-4)24-16-9-11-25(12-10-16)14-18(21)26/h5-8,16H,9-14H2,1-4H3,(H2,21,26)(H2,22,23,24). The van der Waals surface area contributed by atoms with Crippen LogP contribution in [0.25, 0.3) is 0 Å². The minimum atomic E-state index is -0.268. The summed E-state index contributed by atoms with van der Waals surface area (Å²) in [7, 11) is 1.77. The van der Waals surface area contributed by atoms with Crippen molar-refractivity contribution in [1.29, 1.82) is 0 Å². The fraction of sp³-hybridized carbons (Fsp3) is 0.600. The molecule has 0 saturated carbocycles. The van der Waals surface area contributed by atoms with Crippen molar-refractivity contribution >= 4 is 11.9 Å². The number of piperidine rings is 1. The van der Waals surface area contributed by atoms with Crippen LogP contribution >= 0.6 is 0 Å². The van der Waals surface area contributed by atoms with E-state index in [2.05, 4.69) is 26.6 Å². The summed E-state index contributed by atoms with van der Waals surface area (Å²) in [5, 5.41) is 6.85. The van der Waals surface area contributed by atoms with Crippen molar-refractivity contribution in [3.63, 3.8) is 0 Å². The number of primary amides is 1. The number of rotatable bonds is 6. The van der Waals surface area contributed by atoms with Crippen molar-refractivity contribution in [2.24, 2.45) is 10.7 Å². The van der Waals surface area contributed by atoms with Crippen molar-refractivity contribution in [2.75, 3.05) is 26.7 Å². The van der Waals surface area contributed by atoms with E-state index in [0.29, 0.717) is 19.1 Å². The van der Waals surface area contributed by atoms with E-state index in [1.165, 1.54) is 0 Å². The Hall–Kier alpha value is -2.28. The summed E-state index contributed by atoms with van der Waals surface area (Å²) in [5.41, 5.74) is 6.12. The van der Waals surface area contributed by atoms with Gasteiger partial charge in [-0.05, 0) is 39.7 Å². The number of amides is 1. The molecule has 0 bridgehead atoms. The number of benzene rings is 1. The Labute approximate surface area is 162 Å². The highest BCUT2D eigenvalue weighted by Gasteiger charge is 2.21. The average Bonchev–Trinajstić information content (AvgIpc) is 2.59. The van der Waals surface area contributed by atoms with Crippen LogP contribution in [-0.4, -0.2) is 55.1 Å². The third-order valence-electron chi connectivity index (χ3n) is 4.37. The fourth-order valence-electron chi connectivity index (χ4n) is 3.10. The molecule has 1 heterocycles. The maximum atomic E-state index is 11.0. The molecule has 150 valence electrons. The van der Waals surface area contributed by atoms with Gasteiger partial charge in [0.15, 0.2) is 5.96 Å². The number of nitrogens with one attached hydrogen (secondary N) is 2. The Morgan fingerprint density at radius 3 is 2.56 bits per heavy atom. The van der Waals surface area contributed by atoms with Crippen LogP contribution in [0.2, 0.25) is 0 Å². The first-order chi connectivity index (χ1) is 12.8. The van der Waals surface area contributed by atoms with E-state index in [0.717, 1.165) is 43.2 Å². The number of likely N-dealkylation sites (tertiary alicyclic amines) is 1. The van der Waals surface area contributed by atoms with Gasteiger partial charge in [-0.3, -0.25) is 14.7 Å². The normalized spacial score (nSPS) is 16.8. The molecule has 0 radical (unpaired) electrons. The van der Waals surface area contributed by atoms with Crippen LogP contribution in [0.1, 0.15) is 39.2 Å². The Balaban J connectivity index is 1.86. The second kappa shape index (κ2) is 9.60. The maximum Gasteiger partial charge on any atom is 0.231 e. The number of aliphatic imine (C=N–C) groups is 1. The van der Waals surface area contributed by atoms with E-state index >= 15 is 0 Å². The number of hydrogen-bond acceptors (Lipinski definition) is 4. The second-order valence-electron chi connectivity index (χ2n) is 7.91. The number of carbonyl (C=O) groups excluding carboxylic acids is 1. The summed E-state index contributed by atoms with van der Waals surface area (Å²) in [6.45, 7) is 8.82. The summed E-state index contributed by atoms with van der Waals surface area (Å²) in [4.78, 5) is 17.5. The van der Waals surface area contributed by atoms with E-state index in [4.69, 9.17) is 10.5 Å². The molecule has 1 aromatic rings. The SMILES string of the molecule is CN=C(NCc1ccccc1OC(C)(C)C)NC1CCN(CC(N)=O)CC1. The van der Waals surface area contributed by atoms with Gasteiger partial charge in [-0.15, -0.1) is 0 Å². The van der Waals surface area contributed by atoms with Crippen LogP contribution in [0.4, 0.5) is 0 Å². The zero-order chi connectivity index (χ0) is 19.9. The summed E-state index contributed by atoms with van der Waals surface area (Å²) in [6.07, 6.45) is 1.91. The first kappa shape index (κ1) is 21.0. The van der Waals surface area contributed by atoms with E-state index in [1.54, 1.807) is 7.05 Å². The Bertz CT molecular complexity index is 646. The van der Waals surface area contributed by atoms with Gasteiger partial charge in [0.2, 0.25) is 5.91 Å². The van der Waals surface area contributed by atoms with Crippen LogP contribution in [0.15, 0.2) is 29.3 Å². The third kappa shape index (κ3) is 7.46. The third-order valence-corrected chi connectivity index (χ3v) is 4.37. The van der Waals surface area contributed by atoms with Crippen molar-refractivity contribution in [2.45, 2.75) is 51.8 Å². The molecule has 1 aliphatic heterocycles. The van der Waals surface area contributed by atoms with Crippen LogP contribution in [0.3, 0.4) is 0 Å². The summed E-state index contributed by atoms with van der Waals surface area (Å²) in [6, 6.07) is 8.38. The second-order valence-corrected chi connectivity index (χ2v) is 7.91. The molecule has 0 atom stereocenters. The molecular weight excluding hydrogens is 342 g/mol. The number of nitrogens with zero attached hydrogens (tertiary/aromatic N) is 2. The summed E-state index contributed by atoms with van der Waals surface area (Å²) < 4.78 is 6.05. The molecule has 1 aromatic carbocycles. The number of hydrogen-bond donors (Lipinski definition) is 3. The zero-order valence-corrected chi connectivity index (χ0v) is 16.9. The van der Waals surface area contributed by atoms with Crippen molar-refractivity contribution in [3.8, 4) is 5.75 Å². The molecule has 1 fully saturated rings. The van der Waals surface area contributed by atoms with E-state index < -0.39 is 0 Å². The lowest BCUT2D eigenvalue weighted by atomic mass is 10.1. The topological polar surface area (TPSA) is 92.0 Å². The lowest BCUT2D eigenvalue weighted by Crippen LogP contribution is -2.49. The first-order valence-electron chi connectivity index (χ1n) is 9.51. The highest BCUT2D eigenvalue weighted by Crippen LogP contribution is 2.22. The predicted octanol–water partition coefficient (Wildman–Crippen LogP) is 1.48. The maximum absolute atomic E-state index is 11.0. The molecule has 0 aromatic heterocycles. The van der Waals surface area contributed by atoms with E-state index in [9.17, 15) is 4.79 Å². The van der Waals surface area contributed by atoms with Gasteiger partial charge in [0.1, 0.15) is 11.4 Å². The Morgan fingerprint density at radius 1 is 1.30 bits per heavy atom. The number of para-hydroxylation sites is 1. The molecule has 1 aliphatic rings. The molecule has 27 heavy (non-hydrogen) atoms. The van der Waals surface area contributed by atoms with Crippen LogP contribution in [0, 0.1) is 0 Å². The lowest BCUT2D eigenvalue weighted by molar-refractivity contribution is -0.119. The highest BCUT2D eigenvalue weighted by molar-refractivity contribution is 5.80. The highest BCUT2D eigenvalue weighted by atomic mass is 16.5. The molecule has 0 spiro atoms. The molecule has 0 unspecified atom stereocenters. The van der Waals surface area contributed by atoms with Crippen molar-refractivity contribution in [1.82, 2.24) is 15.5 Å². The summed E-state index contributed by atoms with van der Waals surface area (Å²) in [5.74, 6) is 1.39. The monoisotopic (exact) mass is 375 g/mol. The van der Waals surface area contributed by atoms with Crippen molar-refractivity contribution < 1.29 is 9.53 Å². The molecule has 7 heteroatoms. The number of ether oxygens (including phenoxy) is 1. The molecule has 4 N–H and O–H groups in total. The molecule has 1 saturated heterocycles. The number of nitrogens with two attached hydrogens (primary N) is 1. The average molecular weight is 376 g/mol. The van der Waals surface area contributed by atoms with Crippen LogP contribution in [-0.2, 0) is 11.3 Å². The molecule has 2 rings (SSSR count). The predicted molar refractivity (Wildman–Crippen MR) is 109 cm³/mol. The zero-order valence-electron chi connectivity index (χ0n) is 16.9. The van der Waals surface area contributed by atoms with Gasteiger partial charge >= 0.3 is 0 Å². The van der Waals surface area contributed by atoms with Crippen molar-refractivity contribution in [3.05, 3.63) is 29.8 Å². The fourth-order valence-corrected chi connectivity index (χ4v) is 3.10. The van der Waals surface area contributed by atoms with Gasteiger partial charge in [0, 0.05) is 38.3 Å². The minimum Gasteiger partial charge on any atom is -0.488 e. The first-order valence-corrected chi connectivity index (χ1v) is 9.51. The Morgan fingerprint density at radius 2 is 1.96 bits per heavy atom. The minimum absolute atomic E-state index is 0.241. The Kier molecular flexibility index (Phi) is 7.47. The van der Waals surface area contributed by atoms with Crippen LogP contribution < -0.4 is 21.1 Å². The van der Waals surface area contributed by atoms with E-state index in [-0.39, 0.29) is 11.5 Å². The largest absolute Gasteiger partial charge is 0.488 e. The smallest absolute Gasteiger partial charge is 0.231 e. The van der Waals surface area contributed by atoms with Gasteiger partial charge in [0.05, 0.1) is 6.54 Å². The molecule has 0 aliphatic carbocycles. The van der Waals surface area contributed by atoms with Crippen LogP contribution in [0.5, 0.6) is 5.75 Å². The van der Waals surface area contributed by atoms with Gasteiger partial charge in [-0.1, -0.05) is 18.2 Å². The molecule has 7 nitrogen and oxygen atoms in total. The molecule has 1 amide bonds. The quantitative estimate of drug-likeness (QED) is 0.517. The lowest BCUT2D eigenvalue weighted by Gasteiger charge is -2.32. The van der Waals surface area contributed by atoms with Gasteiger partial charge < -0.3 is 21.1 Å². The van der Waals surface area contributed by atoms with Gasteiger partial charge in [-0.2, -0.15) is 0 Å². The summed E-state index contributed by atoms with van der Waals surface area (Å²) >= 11 is 0. The number of guanidine groups is 1.